The molecule has 66 heavy (non-hydrogen) atoms. The van der Waals surface area contributed by atoms with Gasteiger partial charge in [-0.15, -0.1) is 0 Å². The van der Waals surface area contributed by atoms with Crippen molar-refractivity contribution < 1.29 is 33.4 Å². The normalized spacial score (nSPS) is 15.8. The zero-order chi connectivity index (χ0) is 48.3. The molecule has 3 atom stereocenters. The minimum absolute atomic E-state index is 0.0389. The van der Waals surface area contributed by atoms with Crippen molar-refractivity contribution in [2.24, 2.45) is 5.92 Å². The molecule has 1 aliphatic heterocycles. The van der Waals surface area contributed by atoms with Gasteiger partial charge in [-0.1, -0.05) is 169 Å². The molecule has 0 saturated carbocycles. The quantitative estimate of drug-likeness (QED) is 0.0335. The number of hydrogen-bond donors (Lipinski definition) is 0. The standard InChI is InChI=1S/C57H108N2O7/c1-7-11-15-19-23-30-38-52(37-29-18-14-10-4)65-56(62)42-34-28-35-44-59-49-50(47-51(60)43-45-58(5)6)48-54(59)57(63)64-46-36-27-22-26-33-41-55(61)66-53(39-31-24-20-16-12-8-2)40-32-25-21-17-13-9-3/h50,52-54H,7-49H2,1-6H3/t50-,52?,54-/m0/s1. The van der Waals surface area contributed by atoms with E-state index in [0.29, 0.717) is 38.7 Å². The molecule has 1 aliphatic rings. The molecule has 1 heterocycles. The maximum absolute atomic E-state index is 13.5. The first-order valence-corrected chi connectivity index (χ1v) is 28.6. The lowest BCUT2D eigenvalue weighted by Gasteiger charge is -2.23. The molecular formula is C57H108N2O7. The Morgan fingerprint density at radius 2 is 0.894 bits per heavy atom. The summed E-state index contributed by atoms with van der Waals surface area (Å²) in [6, 6.07) is -0.325. The molecule has 0 aromatic heterocycles. The van der Waals surface area contributed by atoms with Gasteiger partial charge in [0.1, 0.15) is 24.0 Å². The summed E-state index contributed by atoms with van der Waals surface area (Å²) < 4.78 is 18.0. The summed E-state index contributed by atoms with van der Waals surface area (Å²) in [7, 11) is 3.97. The molecule has 0 aliphatic carbocycles. The number of carbonyl (C=O) groups excluding carboxylic acids is 4. The first-order valence-electron chi connectivity index (χ1n) is 28.6. The predicted molar refractivity (Wildman–Crippen MR) is 276 cm³/mol. The summed E-state index contributed by atoms with van der Waals surface area (Å²) in [5, 5.41) is 0. The van der Waals surface area contributed by atoms with Gasteiger partial charge in [-0.25, -0.2) is 0 Å². The Kier molecular flexibility index (Phi) is 41.6. The number of esters is 3. The lowest BCUT2D eigenvalue weighted by Crippen LogP contribution is -2.38. The van der Waals surface area contributed by atoms with E-state index in [0.717, 1.165) is 122 Å². The summed E-state index contributed by atoms with van der Waals surface area (Å²) in [5.41, 5.74) is 0. The van der Waals surface area contributed by atoms with E-state index in [9.17, 15) is 19.2 Å². The number of carbonyl (C=O) groups is 4. The highest BCUT2D eigenvalue weighted by Gasteiger charge is 2.38. The Morgan fingerprint density at radius 3 is 1.35 bits per heavy atom. The molecule has 0 aromatic rings. The van der Waals surface area contributed by atoms with E-state index in [4.69, 9.17) is 14.2 Å². The van der Waals surface area contributed by atoms with Crippen LogP contribution in [0.15, 0.2) is 0 Å². The molecule has 1 fully saturated rings. The van der Waals surface area contributed by atoms with Crippen LogP contribution in [0.3, 0.4) is 0 Å². The highest BCUT2D eigenvalue weighted by molar-refractivity contribution is 5.80. The van der Waals surface area contributed by atoms with Crippen molar-refractivity contribution in [2.75, 3.05) is 40.3 Å². The number of hydrogen-bond acceptors (Lipinski definition) is 9. The third-order valence-electron chi connectivity index (χ3n) is 13.8. The van der Waals surface area contributed by atoms with E-state index in [1.54, 1.807) is 0 Å². The summed E-state index contributed by atoms with van der Waals surface area (Å²) in [5.74, 6) is 0.139. The van der Waals surface area contributed by atoms with Crippen molar-refractivity contribution in [1.29, 1.82) is 0 Å². The van der Waals surface area contributed by atoms with Crippen molar-refractivity contribution >= 4 is 23.7 Å². The van der Waals surface area contributed by atoms with E-state index in [-0.39, 0.29) is 47.9 Å². The van der Waals surface area contributed by atoms with Gasteiger partial charge >= 0.3 is 17.9 Å². The second-order valence-corrected chi connectivity index (χ2v) is 20.6. The van der Waals surface area contributed by atoms with Gasteiger partial charge in [0.15, 0.2) is 0 Å². The first-order chi connectivity index (χ1) is 32.1. The van der Waals surface area contributed by atoms with Crippen LogP contribution in [-0.4, -0.2) is 92.1 Å². The molecule has 9 heteroatoms. The molecule has 0 bridgehead atoms. The topological polar surface area (TPSA) is 102 Å². The summed E-state index contributed by atoms with van der Waals surface area (Å²) in [6.45, 7) is 11.6. The second kappa shape index (κ2) is 44.2. The predicted octanol–water partition coefficient (Wildman–Crippen LogP) is 15.1. The Labute approximate surface area is 408 Å². The minimum Gasteiger partial charge on any atom is -0.465 e. The van der Waals surface area contributed by atoms with E-state index in [2.05, 4.69) is 32.6 Å². The van der Waals surface area contributed by atoms with Crippen LogP contribution in [0.25, 0.3) is 0 Å². The fourth-order valence-electron chi connectivity index (χ4n) is 9.61. The molecule has 0 amide bonds. The number of ketones is 1. The van der Waals surface area contributed by atoms with Crippen molar-refractivity contribution in [2.45, 2.75) is 296 Å². The molecular weight excluding hydrogens is 825 g/mol. The van der Waals surface area contributed by atoms with Gasteiger partial charge < -0.3 is 19.1 Å². The third kappa shape index (κ3) is 36.0. The van der Waals surface area contributed by atoms with Crippen LogP contribution in [0.4, 0.5) is 0 Å². The average Bonchev–Trinajstić information content (AvgIpc) is 3.70. The minimum atomic E-state index is -0.325. The van der Waals surface area contributed by atoms with Crippen molar-refractivity contribution in [3.05, 3.63) is 0 Å². The van der Waals surface area contributed by atoms with Crippen LogP contribution in [0.2, 0.25) is 0 Å². The zero-order valence-electron chi connectivity index (χ0n) is 44.5. The van der Waals surface area contributed by atoms with Gasteiger partial charge in [-0.05, 0) is 110 Å². The molecule has 1 unspecified atom stereocenters. The monoisotopic (exact) mass is 933 g/mol. The lowest BCUT2D eigenvalue weighted by atomic mass is 9.98. The Morgan fingerprint density at radius 1 is 0.500 bits per heavy atom. The SMILES string of the molecule is CCCCCCCCC(CCCCCC)OC(=O)CCCCCN1C[C@@H](CC(=O)CCN(C)C)C[C@H]1C(=O)OCCCCCCCC(=O)OC(CCCCCCCC)CCCCCCCC. The van der Waals surface area contributed by atoms with E-state index in [1.807, 2.05) is 19.0 Å². The van der Waals surface area contributed by atoms with E-state index in [1.165, 1.54) is 116 Å². The second-order valence-electron chi connectivity index (χ2n) is 20.6. The largest absolute Gasteiger partial charge is 0.465 e. The summed E-state index contributed by atoms with van der Waals surface area (Å²) >= 11 is 0. The van der Waals surface area contributed by atoms with Crippen LogP contribution in [0.5, 0.6) is 0 Å². The number of rotatable bonds is 48. The number of ether oxygens (including phenoxy) is 3. The molecule has 1 rings (SSSR count). The Hall–Kier alpha value is -2.00. The van der Waals surface area contributed by atoms with Crippen LogP contribution in [0, 0.1) is 5.92 Å². The van der Waals surface area contributed by atoms with Crippen molar-refractivity contribution in [3.63, 3.8) is 0 Å². The maximum Gasteiger partial charge on any atom is 0.323 e. The van der Waals surface area contributed by atoms with Crippen molar-refractivity contribution in [1.82, 2.24) is 9.80 Å². The number of Topliss-reactive ketones (excluding diaryl/α,β-unsaturated/α-hetero) is 1. The van der Waals surface area contributed by atoms with Gasteiger partial charge in [0, 0.05) is 38.8 Å². The third-order valence-corrected chi connectivity index (χ3v) is 13.8. The van der Waals surface area contributed by atoms with Gasteiger partial charge in [-0.3, -0.25) is 24.1 Å². The van der Waals surface area contributed by atoms with E-state index < -0.39 is 0 Å². The Bertz CT molecular complexity index is 1150. The first kappa shape index (κ1) is 62.0. The number of unbranched alkanes of at least 4 members (excludes halogenated alkanes) is 24. The highest BCUT2D eigenvalue weighted by Crippen LogP contribution is 2.28. The van der Waals surface area contributed by atoms with Crippen LogP contribution in [0.1, 0.15) is 278 Å². The summed E-state index contributed by atoms with van der Waals surface area (Å²) in [4.78, 5) is 56.4. The zero-order valence-corrected chi connectivity index (χ0v) is 44.5. The molecule has 388 valence electrons. The van der Waals surface area contributed by atoms with Crippen LogP contribution < -0.4 is 0 Å². The molecule has 9 nitrogen and oxygen atoms in total. The Balaban J connectivity index is 2.52. The van der Waals surface area contributed by atoms with Crippen LogP contribution in [-0.2, 0) is 33.4 Å². The number of likely N-dealkylation sites (tertiary alicyclic amines) is 1. The van der Waals surface area contributed by atoms with Crippen LogP contribution >= 0.6 is 0 Å². The molecule has 0 radical (unpaired) electrons. The highest BCUT2D eigenvalue weighted by atomic mass is 16.5. The molecule has 1 saturated heterocycles. The average molecular weight is 933 g/mol. The fraction of sp³-hybridized carbons (Fsp3) is 0.930. The fourth-order valence-corrected chi connectivity index (χ4v) is 9.61. The summed E-state index contributed by atoms with van der Waals surface area (Å²) in [6.07, 6.45) is 41.2. The lowest BCUT2D eigenvalue weighted by molar-refractivity contribution is -0.151. The van der Waals surface area contributed by atoms with E-state index >= 15 is 0 Å². The van der Waals surface area contributed by atoms with Gasteiger partial charge in [0.25, 0.3) is 0 Å². The number of nitrogens with zero attached hydrogens (tertiary/aromatic N) is 2. The maximum atomic E-state index is 13.5. The van der Waals surface area contributed by atoms with Gasteiger partial charge in [0.05, 0.1) is 6.61 Å². The smallest absolute Gasteiger partial charge is 0.323 e. The molecule has 0 N–H and O–H groups in total. The van der Waals surface area contributed by atoms with Crippen molar-refractivity contribution in [3.8, 4) is 0 Å². The molecule has 0 aromatic carbocycles. The molecule has 0 spiro atoms. The van der Waals surface area contributed by atoms with Gasteiger partial charge in [0.2, 0.25) is 0 Å². The van der Waals surface area contributed by atoms with Gasteiger partial charge in [-0.2, -0.15) is 0 Å².